The maximum Gasteiger partial charge on any atom is 0.256 e. The Kier molecular flexibility index (Phi) is 4.22. The normalized spacial score (nSPS) is 20.2. The summed E-state index contributed by atoms with van der Waals surface area (Å²) in [5.41, 5.74) is 6.20. The van der Waals surface area contributed by atoms with Crippen molar-refractivity contribution in [2.75, 3.05) is 29.5 Å². The van der Waals surface area contributed by atoms with Gasteiger partial charge in [-0.05, 0) is 0 Å². The summed E-state index contributed by atoms with van der Waals surface area (Å²) in [5.74, 6) is 3.76. The van der Waals surface area contributed by atoms with Crippen LogP contribution in [-0.4, -0.2) is 44.7 Å². The molecule has 2 heterocycles. The number of rotatable bonds is 3. The van der Waals surface area contributed by atoms with Crippen LogP contribution in [0.25, 0.3) is 0 Å². The Bertz CT molecular complexity index is 401. The fraction of sp³-hybridized carbons (Fsp3) is 0.600. The SMILES string of the molecule is Cn1ncc(C(=O)NCC2CSCCS2)c1N. The number of amides is 1. The van der Waals surface area contributed by atoms with E-state index in [4.69, 9.17) is 5.73 Å². The Morgan fingerprint density at radius 3 is 3.12 bits per heavy atom. The van der Waals surface area contributed by atoms with Crippen LogP contribution in [0.5, 0.6) is 0 Å². The third-order valence-corrected chi connectivity index (χ3v) is 5.45. The van der Waals surface area contributed by atoms with E-state index in [0.29, 0.717) is 23.2 Å². The zero-order chi connectivity index (χ0) is 12.3. The predicted octanol–water partition coefficient (Wildman–Crippen LogP) is 0.581. The third-order valence-electron chi connectivity index (χ3n) is 2.60. The number of aryl methyl sites for hydroxylation is 1. The highest BCUT2D eigenvalue weighted by Crippen LogP contribution is 2.23. The lowest BCUT2D eigenvalue weighted by Crippen LogP contribution is -2.33. The minimum absolute atomic E-state index is 0.133. The number of nitrogens with two attached hydrogens (primary N) is 1. The standard InChI is InChI=1S/C10H16N4OS2/c1-14-9(11)8(5-13-14)10(15)12-4-7-6-16-2-3-17-7/h5,7H,2-4,6,11H2,1H3,(H,12,15). The van der Waals surface area contributed by atoms with Crippen LogP contribution in [0, 0.1) is 0 Å². The Morgan fingerprint density at radius 1 is 1.71 bits per heavy atom. The maximum atomic E-state index is 11.9. The van der Waals surface area contributed by atoms with Crippen molar-refractivity contribution in [3.8, 4) is 0 Å². The van der Waals surface area contributed by atoms with Gasteiger partial charge in [0.1, 0.15) is 11.4 Å². The van der Waals surface area contributed by atoms with E-state index < -0.39 is 0 Å². The second-order valence-electron chi connectivity index (χ2n) is 3.84. The molecule has 94 valence electrons. The van der Waals surface area contributed by atoms with E-state index in [-0.39, 0.29) is 5.91 Å². The molecule has 0 bridgehead atoms. The minimum atomic E-state index is -0.133. The van der Waals surface area contributed by atoms with Crippen LogP contribution in [0.2, 0.25) is 0 Å². The monoisotopic (exact) mass is 272 g/mol. The maximum absolute atomic E-state index is 11.9. The first kappa shape index (κ1) is 12.6. The number of hydrogen-bond donors (Lipinski definition) is 2. The smallest absolute Gasteiger partial charge is 0.256 e. The van der Waals surface area contributed by atoms with Crippen molar-refractivity contribution in [3.63, 3.8) is 0 Å². The Hall–Kier alpha value is -0.820. The van der Waals surface area contributed by atoms with Crippen molar-refractivity contribution in [1.82, 2.24) is 15.1 Å². The fourth-order valence-corrected chi connectivity index (χ4v) is 4.19. The molecule has 1 atom stereocenters. The van der Waals surface area contributed by atoms with Crippen LogP contribution in [0.3, 0.4) is 0 Å². The summed E-state index contributed by atoms with van der Waals surface area (Å²) in [6, 6.07) is 0. The number of nitrogen functional groups attached to an aromatic ring is 1. The molecule has 0 aromatic carbocycles. The molecule has 17 heavy (non-hydrogen) atoms. The molecule has 2 rings (SSSR count). The van der Waals surface area contributed by atoms with Crippen LogP contribution in [0.4, 0.5) is 5.82 Å². The predicted molar refractivity (Wildman–Crippen MR) is 73.5 cm³/mol. The van der Waals surface area contributed by atoms with Gasteiger partial charge in [-0.3, -0.25) is 9.48 Å². The zero-order valence-electron chi connectivity index (χ0n) is 9.68. The molecule has 7 heteroatoms. The van der Waals surface area contributed by atoms with E-state index in [0.717, 1.165) is 5.75 Å². The molecule has 1 aliphatic heterocycles. The summed E-state index contributed by atoms with van der Waals surface area (Å²) in [7, 11) is 1.72. The van der Waals surface area contributed by atoms with Crippen molar-refractivity contribution in [2.45, 2.75) is 5.25 Å². The molecular weight excluding hydrogens is 256 g/mol. The summed E-state index contributed by atoms with van der Waals surface area (Å²) in [6.07, 6.45) is 1.51. The summed E-state index contributed by atoms with van der Waals surface area (Å²) < 4.78 is 1.50. The number of anilines is 1. The molecule has 1 amide bonds. The summed E-state index contributed by atoms with van der Waals surface area (Å²) in [4.78, 5) is 11.9. The molecule has 1 aliphatic rings. The first-order valence-corrected chi connectivity index (χ1v) is 7.64. The van der Waals surface area contributed by atoms with Crippen LogP contribution in [0.1, 0.15) is 10.4 Å². The van der Waals surface area contributed by atoms with Crippen molar-refractivity contribution in [1.29, 1.82) is 0 Å². The van der Waals surface area contributed by atoms with E-state index >= 15 is 0 Å². The summed E-state index contributed by atoms with van der Waals surface area (Å²) in [6.45, 7) is 0.699. The van der Waals surface area contributed by atoms with Gasteiger partial charge in [-0.25, -0.2) is 0 Å². The number of nitrogens with zero attached hydrogens (tertiary/aromatic N) is 2. The highest BCUT2D eigenvalue weighted by molar-refractivity contribution is 8.06. The van der Waals surface area contributed by atoms with Gasteiger partial charge in [0.05, 0.1) is 6.20 Å². The molecule has 1 unspecified atom stereocenters. The van der Waals surface area contributed by atoms with E-state index in [1.165, 1.54) is 22.4 Å². The molecule has 3 N–H and O–H groups in total. The lowest BCUT2D eigenvalue weighted by atomic mass is 10.3. The van der Waals surface area contributed by atoms with E-state index in [1.807, 2.05) is 23.5 Å². The van der Waals surface area contributed by atoms with Crippen molar-refractivity contribution in [2.24, 2.45) is 7.05 Å². The molecule has 0 radical (unpaired) electrons. The van der Waals surface area contributed by atoms with E-state index in [2.05, 4.69) is 10.4 Å². The van der Waals surface area contributed by atoms with Crippen molar-refractivity contribution in [3.05, 3.63) is 11.8 Å². The topological polar surface area (TPSA) is 72.9 Å². The van der Waals surface area contributed by atoms with Crippen molar-refractivity contribution >= 4 is 35.2 Å². The Morgan fingerprint density at radius 2 is 2.53 bits per heavy atom. The molecule has 1 fully saturated rings. The molecule has 0 saturated carbocycles. The average molecular weight is 272 g/mol. The van der Waals surface area contributed by atoms with Gasteiger partial charge in [-0.2, -0.15) is 28.6 Å². The Labute approximate surface area is 109 Å². The van der Waals surface area contributed by atoms with Gasteiger partial charge < -0.3 is 11.1 Å². The zero-order valence-corrected chi connectivity index (χ0v) is 11.3. The quantitative estimate of drug-likeness (QED) is 0.842. The van der Waals surface area contributed by atoms with Gasteiger partial charge in [-0.1, -0.05) is 0 Å². The molecule has 0 aliphatic carbocycles. The van der Waals surface area contributed by atoms with Crippen LogP contribution >= 0.6 is 23.5 Å². The molecule has 1 aromatic heterocycles. The molecule has 0 spiro atoms. The van der Waals surface area contributed by atoms with E-state index in [1.54, 1.807) is 7.05 Å². The van der Waals surface area contributed by atoms with Gasteiger partial charge in [-0.15, -0.1) is 0 Å². The molecular formula is C10H16N4OS2. The van der Waals surface area contributed by atoms with Gasteiger partial charge in [0.2, 0.25) is 0 Å². The first-order valence-electron chi connectivity index (χ1n) is 5.43. The van der Waals surface area contributed by atoms with Crippen molar-refractivity contribution < 1.29 is 4.79 Å². The first-order chi connectivity index (χ1) is 8.18. The van der Waals surface area contributed by atoms with Gasteiger partial charge in [0, 0.05) is 36.1 Å². The highest BCUT2D eigenvalue weighted by atomic mass is 32.2. The van der Waals surface area contributed by atoms with E-state index in [9.17, 15) is 4.79 Å². The average Bonchev–Trinajstić information content (AvgIpc) is 2.69. The number of thioether (sulfide) groups is 2. The summed E-state index contributed by atoms with van der Waals surface area (Å²) >= 11 is 3.87. The van der Waals surface area contributed by atoms with Crippen LogP contribution < -0.4 is 11.1 Å². The fourth-order valence-electron chi connectivity index (χ4n) is 1.58. The highest BCUT2D eigenvalue weighted by Gasteiger charge is 2.17. The number of carbonyl (C=O) groups excluding carboxylic acids is 1. The van der Waals surface area contributed by atoms with Gasteiger partial charge in [0.25, 0.3) is 5.91 Å². The number of aromatic nitrogens is 2. The molecule has 5 nitrogen and oxygen atoms in total. The number of hydrogen-bond acceptors (Lipinski definition) is 5. The second kappa shape index (κ2) is 5.68. The Balaban J connectivity index is 1.86. The van der Waals surface area contributed by atoms with Gasteiger partial charge >= 0.3 is 0 Å². The lowest BCUT2D eigenvalue weighted by Gasteiger charge is -2.20. The van der Waals surface area contributed by atoms with Crippen LogP contribution in [-0.2, 0) is 7.05 Å². The lowest BCUT2D eigenvalue weighted by molar-refractivity contribution is 0.0955. The largest absolute Gasteiger partial charge is 0.383 e. The number of carbonyl (C=O) groups is 1. The van der Waals surface area contributed by atoms with Gasteiger partial charge in [0.15, 0.2) is 0 Å². The molecule has 1 aromatic rings. The number of nitrogens with one attached hydrogen (secondary N) is 1. The second-order valence-corrected chi connectivity index (χ2v) is 6.40. The third kappa shape index (κ3) is 3.10. The van der Waals surface area contributed by atoms with Crippen LogP contribution in [0.15, 0.2) is 6.20 Å². The minimum Gasteiger partial charge on any atom is -0.383 e. The summed E-state index contributed by atoms with van der Waals surface area (Å²) in [5, 5.41) is 7.38. The molecule has 1 saturated heterocycles.